The molecule has 1 N–H and O–H groups in total. The second-order valence-corrected chi connectivity index (χ2v) is 8.19. The van der Waals surface area contributed by atoms with Crippen molar-refractivity contribution in [2.45, 2.75) is 38.9 Å². The van der Waals surface area contributed by atoms with Crippen LogP contribution in [-0.4, -0.2) is 23.3 Å². The van der Waals surface area contributed by atoms with E-state index in [0.29, 0.717) is 0 Å². The third kappa shape index (κ3) is 2.09. The number of H-pyrrole nitrogens is 1. The van der Waals surface area contributed by atoms with Crippen molar-refractivity contribution >= 4 is 45.2 Å². The second-order valence-electron chi connectivity index (χ2n) is 8.19. The molecule has 0 amide bonds. The molecule has 4 aromatic rings. The molecule has 2 heterocycles. The van der Waals surface area contributed by atoms with Gasteiger partial charge in [0.1, 0.15) is 0 Å². The van der Waals surface area contributed by atoms with Gasteiger partial charge in [0.2, 0.25) is 0 Å². The molecule has 0 unspecified atom stereocenters. The fraction of sp³-hybridized carbons (Fsp3) is 0.273. The largest absolute Gasteiger partial charge is 0.497 e. The van der Waals surface area contributed by atoms with Crippen LogP contribution in [0.25, 0.3) is 32.6 Å². The Morgan fingerprint density at radius 2 is 1.46 bits per heavy atom. The Morgan fingerprint density at radius 3 is 2.23 bits per heavy atom. The number of hydrogen-bond donors (Lipinski definition) is 1. The Balaban J connectivity index is 1.77. The normalized spacial score (nSPS) is 19.0. The van der Waals surface area contributed by atoms with Gasteiger partial charge in [-0.15, -0.1) is 0 Å². The van der Waals surface area contributed by atoms with Gasteiger partial charge in [0.15, 0.2) is 0 Å². The SMILES string of the molecule is CC1(C)OB(c2cccc3c2[nH]c2ccc4ccccc4c23)OC1(C)C. The topological polar surface area (TPSA) is 34.2 Å². The molecular weight excluding hydrogens is 321 g/mol. The number of hydrogen-bond acceptors (Lipinski definition) is 2. The molecule has 0 aliphatic carbocycles. The zero-order valence-corrected chi connectivity index (χ0v) is 15.6. The molecular formula is C22H22BNO2. The molecule has 1 aromatic heterocycles. The van der Waals surface area contributed by atoms with E-state index in [4.69, 9.17) is 9.31 Å². The van der Waals surface area contributed by atoms with Crippen LogP contribution in [0.3, 0.4) is 0 Å². The Bertz CT molecular complexity index is 1140. The van der Waals surface area contributed by atoms with Crippen LogP contribution in [-0.2, 0) is 9.31 Å². The van der Waals surface area contributed by atoms with Crippen LogP contribution in [0.1, 0.15) is 27.7 Å². The lowest BCUT2D eigenvalue weighted by Crippen LogP contribution is -2.41. The molecule has 0 saturated carbocycles. The van der Waals surface area contributed by atoms with Crippen molar-refractivity contribution in [3.63, 3.8) is 0 Å². The average Bonchev–Trinajstić information content (AvgIpc) is 3.09. The summed E-state index contributed by atoms with van der Waals surface area (Å²) in [6.45, 7) is 8.36. The average molecular weight is 343 g/mol. The van der Waals surface area contributed by atoms with Crippen LogP contribution >= 0.6 is 0 Å². The molecule has 4 heteroatoms. The fourth-order valence-corrected chi connectivity index (χ4v) is 3.89. The highest BCUT2D eigenvalue weighted by Gasteiger charge is 2.52. The Morgan fingerprint density at radius 1 is 0.769 bits per heavy atom. The van der Waals surface area contributed by atoms with Crippen molar-refractivity contribution in [2.24, 2.45) is 0 Å². The molecule has 0 radical (unpaired) electrons. The number of aromatic amines is 1. The van der Waals surface area contributed by atoms with Crippen molar-refractivity contribution < 1.29 is 9.31 Å². The van der Waals surface area contributed by atoms with Gasteiger partial charge >= 0.3 is 7.12 Å². The fourth-order valence-electron chi connectivity index (χ4n) is 3.89. The zero-order chi connectivity index (χ0) is 18.1. The summed E-state index contributed by atoms with van der Waals surface area (Å²) in [5.41, 5.74) is 2.60. The highest BCUT2D eigenvalue weighted by atomic mass is 16.7. The maximum Gasteiger partial charge on any atom is 0.497 e. The molecule has 5 rings (SSSR count). The Labute approximate surface area is 153 Å². The first-order valence-corrected chi connectivity index (χ1v) is 9.15. The molecule has 130 valence electrons. The minimum absolute atomic E-state index is 0.349. The molecule has 0 atom stereocenters. The van der Waals surface area contributed by atoms with E-state index in [1.165, 1.54) is 21.5 Å². The van der Waals surface area contributed by atoms with Gasteiger partial charge in [0, 0.05) is 27.3 Å². The highest BCUT2D eigenvalue weighted by Crippen LogP contribution is 2.38. The predicted molar refractivity (Wildman–Crippen MR) is 109 cm³/mol. The Kier molecular flexibility index (Phi) is 3.14. The molecule has 1 saturated heterocycles. The van der Waals surface area contributed by atoms with Gasteiger partial charge in [-0.05, 0) is 44.5 Å². The first-order valence-electron chi connectivity index (χ1n) is 9.15. The molecule has 3 aromatic carbocycles. The van der Waals surface area contributed by atoms with E-state index in [0.717, 1.165) is 16.5 Å². The minimum Gasteiger partial charge on any atom is -0.399 e. The van der Waals surface area contributed by atoms with Gasteiger partial charge in [-0.3, -0.25) is 0 Å². The first-order chi connectivity index (χ1) is 12.4. The third-order valence-corrected chi connectivity index (χ3v) is 6.06. The number of fused-ring (bicyclic) bond motifs is 5. The highest BCUT2D eigenvalue weighted by molar-refractivity contribution is 6.65. The van der Waals surface area contributed by atoms with E-state index in [1.54, 1.807) is 0 Å². The standard InChI is InChI=1S/C22H22BNO2/c1-21(2)22(3,4)26-23(25-21)17-11-7-10-16-19-15-9-6-5-8-14(15)12-13-18(19)24-20(16)17/h5-13,24H,1-4H3. The van der Waals surface area contributed by atoms with Gasteiger partial charge in [0.05, 0.1) is 11.2 Å². The molecule has 1 aliphatic heterocycles. The van der Waals surface area contributed by atoms with E-state index >= 15 is 0 Å². The monoisotopic (exact) mass is 343 g/mol. The summed E-state index contributed by atoms with van der Waals surface area (Å²) in [6, 6.07) is 19.2. The lowest BCUT2D eigenvalue weighted by atomic mass is 9.78. The number of para-hydroxylation sites is 1. The number of rotatable bonds is 1. The quantitative estimate of drug-likeness (QED) is 0.505. The summed E-state index contributed by atoms with van der Waals surface area (Å²) in [5, 5.41) is 4.99. The molecule has 26 heavy (non-hydrogen) atoms. The van der Waals surface area contributed by atoms with Crippen molar-refractivity contribution in [1.29, 1.82) is 0 Å². The van der Waals surface area contributed by atoms with Crippen LogP contribution in [0.2, 0.25) is 0 Å². The van der Waals surface area contributed by atoms with Crippen LogP contribution < -0.4 is 5.46 Å². The molecule has 1 fully saturated rings. The summed E-state index contributed by atoms with van der Waals surface area (Å²) in [6.07, 6.45) is 0. The maximum atomic E-state index is 6.30. The molecule has 0 bridgehead atoms. The van der Waals surface area contributed by atoms with Crippen molar-refractivity contribution in [1.82, 2.24) is 4.98 Å². The second kappa shape index (κ2) is 5.12. The lowest BCUT2D eigenvalue weighted by molar-refractivity contribution is 0.00578. The number of benzene rings is 3. The maximum absolute atomic E-state index is 6.30. The number of nitrogens with one attached hydrogen (secondary N) is 1. The van der Waals surface area contributed by atoms with Crippen molar-refractivity contribution in [2.75, 3.05) is 0 Å². The van der Waals surface area contributed by atoms with E-state index in [1.807, 2.05) is 0 Å². The molecule has 3 nitrogen and oxygen atoms in total. The van der Waals surface area contributed by atoms with E-state index in [9.17, 15) is 0 Å². The van der Waals surface area contributed by atoms with Crippen molar-refractivity contribution in [3.05, 3.63) is 54.6 Å². The molecule has 0 spiro atoms. The summed E-state index contributed by atoms with van der Waals surface area (Å²) in [7, 11) is -0.372. The summed E-state index contributed by atoms with van der Waals surface area (Å²) in [5.74, 6) is 0. The summed E-state index contributed by atoms with van der Waals surface area (Å²) < 4.78 is 12.6. The van der Waals surface area contributed by atoms with Gasteiger partial charge in [-0.2, -0.15) is 0 Å². The van der Waals surface area contributed by atoms with Crippen LogP contribution in [0.5, 0.6) is 0 Å². The molecule has 1 aliphatic rings. The van der Waals surface area contributed by atoms with E-state index < -0.39 is 0 Å². The van der Waals surface area contributed by atoms with E-state index in [2.05, 4.69) is 87.3 Å². The zero-order valence-electron chi connectivity index (χ0n) is 15.6. The Hall–Kier alpha value is -2.30. The smallest absolute Gasteiger partial charge is 0.399 e. The van der Waals surface area contributed by atoms with Gasteiger partial charge in [-0.25, -0.2) is 0 Å². The summed E-state index contributed by atoms with van der Waals surface area (Å²) >= 11 is 0. The van der Waals surface area contributed by atoms with Crippen molar-refractivity contribution in [3.8, 4) is 0 Å². The van der Waals surface area contributed by atoms with Gasteiger partial charge in [0.25, 0.3) is 0 Å². The minimum atomic E-state index is -0.372. The number of aromatic nitrogens is 1. The van der Waals surface area contributed by atoms with Gasteiger partial charge < -0.3 is 14.3 Å². The van der Waals surface area contributed by atoms with Crippen LogP contribution in [0.15, 0.2) is 54.6 Å². The van der Waals surface area contributed by atoms with Gasteiger partial charge in [-0.1, -0.05) is 48.5 Å². The van der Waals surface area contributed by atoms with E-state index in [-0.39, 0.29) is 18.3 Å². The van der Waals surface area contributed by atoms with Crippen LogP contribution in [0.4, 0.5) is 0 Å². The third-order valence-electron chi connectivity index (χ3n) is 6.06. The first kappa shape index (κ1) is 15.9. The van der Waals surface area contributed by atoms with Crippen LogP contribution in [0, 0.1) is 0 Å². The predicted octanol–water partition coefficient (Wildman–Crippen LogP) is 4.77. The lowest BCUT2D eigenvalue weighted by Gasteiger charge is -2.32. The summed E-state index contributed by atoms with van der Waals surface area (Å²) in [4.78, 5) is 3.61.